The maximum atomic E-state index is 14.5. The summed E-state index contributed by atoms with van der Waals surface area (Å²) in [4.78, 5) is 22.4. The van der Waals surface area contributed by atoms with E-state index in [4.69, 9.17) is 5.11 Å². The van der Waals surface area contributed by atoms with E-state index in [0.29, 0.717) is 16.7 Å². The van der Waals surface area contributed by atoms with E-state index in [0.717, 1.165) is 0 Å². The standard InChI is InChI=1S/C17H13F2NO3/c1-9-3-2-4-13-15(9)11-7-10(16(23)20-8-14(21)22)5-6-12(11)17(13,18)19/h2-7H,8H2,1H3,(H,20,23)(H,21,22). The van der Waals surface area contributed by atoms with Crippen LogP contribution in [0.15, 0.2) is 36.4 Å². The lowest BCUT2D eigenvalue weighted by atomic mass is 9.99. The van der Waals surface area contributed by atoms with E-state index in [1.807, 2.05) is 0 Å². The number of aliphatic carboxylic acids is 1. The second-order valence-corrected chi connectivity index (χ2v) is 5.41. The van der Waals surface area contributed by atoms with Crippen molar-refractivity contribution in [2.45, 2.75) is 12.8 Å². The minimum absolute atomic E-state index is 0.0735. The third-order valence-electron chi connectivity index (χ3n) is 3.90. The van der Waals surface area contributed by atoms with Crippen molar-refractivity contribution in [3.8, 4) is 11.1 Å². The summed E-state index contributed by atoms with van der Waals surface area (Å²) in [6.45, 7) is 1.21. The second-order valence-electron chi connectivity index (χ2n) is 5.41. The number of nitrogens with one attached hydrogen (secondary N) is 1. The number of fused-ring (bicyclic) bond motifs is 3. The van der Waals surface area contributed by atoms with E-state index in [1.165, 1.54) is 24.3 Å². The normalized spacial score (nSPS) is 14.0. The summed E-state index contributed by atoms with van der Waals surface area (Å²) in [5, 5.41) is 10.8. The van der Waals surface area contributed by atoms with Gasteiger partial charge in [-0.15, -0.1) is 0 Å². The van der Waals surface area contributed by atoms with Gasteiger partial charge in [0.2, 0.25) is 0 Å². The Bertz CT molecular complexity index is 831. The molecule has 0 saturated carbocycles. The largest absolute Gasteiger partial charge is 0.480 e. The summed E-state index contributed by atoms with van der Waals surface area (Å²) in [5.41, 5.74) is 1.37. The zero-order valence-corrected chi connectivity index (χ0v) is 12.2. The molecule has 0 aliphatic heterocycles. The molecule has 0 aromatic heterocycles. The van der Waals surface area contributed by atoms with Gasteiger partial charge < -0.3 is 10.4 Å². The molecule has 3 rings (SSSR count). The molecule has 1 aliphatic rings. The highest BCUT2D eigenvalue weighted by molar-refractivity contribution is 5.98. The topological polar surface area (TPSA) is 66.4 Å². The first-order valence-electron chi connectivity index (χ1n) is 6.95. The molecular formula is C17H13F2NO3. The molecule has 0 spiro atoms. The van der Waals surface area contributed by atoms with E-state index in [9.17, 15) is 18.4 Å². The highest BCUT2D eigenvalue weighted by atomic mass is 19.3. The van der Waals surface area contributed by atoms with Gasteiger partial charge in [-0.2, -0.15) is 8.78 Å². The number of aryl methyl sites for hydroxylation is 1. The van der Waals surface area contributed by atoms with Gasteiger partial charge in [0.1, 0.15) is 6.54 Å². The van der Waals surface area contributed by atoms with Crippen molar-refractivity contribution in [3.63, 3.8) is 0 Å². The van der Waals surface area contributed by atoms with Crippen LogP contribution in [0.25, 0.3) is 11.1 Å². The fourth-order valence-electron chi connectivity index (χ4n) is 2.86. The summed E-state index contributed by atoms with van der Waals surface area (Å²) >= 11 is 0. The summed E-state index contributed by atoms with van der Waals surface area (Å²) in [7, 11) is 0. The third kappa shape index (κ3) is 2.36. The van der Waals surface area contributed by atoms with Crippen LogP contribution in [0.2, 0.25) is 0 Å². The summed E-state index contributed by atoms with van der Waals surface area (Å²) in [5.74, 6) is -4.89. The fraction of sp³-hybridized carbons (Fsp3) is 0.176. The van der Waals surface area contributed by atoms with Crippen molar-refractivity contribution in [3.05, 3.63) is 58.7 Å². The van der Waals surface area contributed by atoms with E-state index >= 15 is 0 Å². The molecule has 1 amide bonds. The number of carboxylic acids is 1. The molecule has 0 atom stereocenters. The van der Waals surface area contributed by atoms with Crippen LogP contribution in [0.1, 0.15) is 27.0 Å². The number of carboxylic acid groups (broad SMARTS) is 1. The maximum absolute atomic E-state index is 14.5. The number of halogens is 2. The molecule has 4 nitrogen and oxygen atoms in total. The van der Waals surface area contributed by atoms with Gasteiger partial charge in [-0.3, -0.25) is 9.59 Å². The van der Waals surface area contributed by atoms with Crippen LogP contribution in [0.3, 0.4) is 0 Å². The zero-order chi connectivity index (χ0) is 16.8. The number of hydrogen-bond acceptors (Lipinski definition) is 2. The van der Waals surface area contributed by atoms with Crippen molar-refractivity contribution in [1.82, 2.24) is 5.32 Å². The molecule has 0 heterocycles. The molecule has 0 bridgehead atoms. The molecule has 2 N–H and O–H groups in total. The van der Waals surface area contributed by atoms with Gasteiger partial charge in [-0.05, 0) is 35.7 Å². The Labute approximate surface area is 130 Å². The van der Waals surface area contributed by atoms with E-state index < -0.39 is 24.3 Å². The number of carbonyl (C=O) groups is 2. The predicted octanol–water partition coefficient (Wildman–Crippen LogP) is 2.93. The Morgan fingerprint density at radius 3 is 2.61 bits per heavy atom. The van der Waals surface area contributed by atoms with Crippen molar-refractivity contribution in [1.29, 1.82) is 0 Å². The highest BCUT2D eigenvalue weighted by Crippen LogP contribution is 2.52. The van der Waals surface area contributed by atoms with Gasteiger partial charge in [0.25, 0.3) is 11.8 Å². The van der Waals surface area contributed by atoms with Gasteiger partial charge >= 0.3 is 5.97 Å². The Morgan fingerprint density at radius 1 is 1.17 bits per heavy atom. The monoisotopic (exact) mass is 317 g/mol. The molecular weight excluding hydrogens is 304 g/mol. The molecule has 2 aromatic carbocycles. The van der Waals surface area contributed by atoms with E-state index in [2.05, 4.69) is 5.32 Å². The van der Waals surface area contributed by atoms with Gasteiger partial charge in [0.15, 0.2) is 0 Å². The molecule has 0 radical (unpaired) electrons. The molecule has 0 fully saturated rings. The molecule has 2 aromatic rings. The predicted molar refractivity (Wildman–Crippen MR) is 79.6 cm³/mol. The van der Waals surface area contributed by atoms with E-state index in [-0.39, 0.29) is 16.7 Å². The molecule has 1 aliphatic carbocycles. The smallest absolute Gasteiger partial charge is 0.322 e. The second kappa shape index (κ2) is 5.15. The van der Waals surface area contributed by atoms with Crippen molar-refractivity contribution in [2.75, 3.05) is 6.54 Å². The Morgan fingerprint density at radius 2 is 1.91 bits per heavy atom. The minimum atomic E-state index is -3.10. The van der Waals surface area contributed by atoms with Crippen molar-refractivity contribution >= 4 is 11.9 Å². The summed E-state index contributed by atoms with van der Waals surface area (Å²) in [6, 6.07) is 8.59. The van der Waals surface area contributed by atoms with Crippen molar-refractivity contribution in [2.24, 2.45) is 0 Å². The van der Waals surface area contributed by atoms with Crippen LogP contribution in [-0.2, 0) is 10.7 Å². The average molecular weight is 317 g/mol. The first-order chi connectivity index (χ1) is 10.8. The summed E-state index contributed by atoms with van der Waals surface area (Å²) in [6.07, 6.45) is 0. The van der Waals surface area contributed by atoms with Crippen LogP contribution in [0.4, 0.5) is 8.78 Å². The number of alkyl halides is 2. The molecule has 6 heteroatoms. The Hall–Kier alpha value is -2.76. The average Bonchev–Trinajstić information content (AvgIpc) is 2.74. The first kappa shape index (κ1) is 15.1. The molecule has 0 saturated heterocycles. The van der Waals surface area contributed by atoms with Gasteiger partial charge in [-0.25, -0.2) is 0 Å². The first-order valence-corrected chi connectivity index (χ1v) is 6.95. The third-order valence-corrected chi connectivity index (χ3v) is 3.90. The van der Waals surface area contributed by atoms with E-state index in [1.54, 1.807) is 19.1 Å². The Balaban J connectivity index is 2.08. The zero-order valence-electron chi connectivity index (χ0n) is 12.2. The lowest BCUT2D eigenvalue weighted by Gasteiger charge is -2.12. The molecule has 118 valence electrons. The molecule has 0 unspecified atom stereocenters. The van der Waals surface area contributed by atoms with Crippen LogP contribution < -0.4 is 5.32 Å². The number of amides is 1. The van der Waals surface area contributed by atoms with Gasteiger partial charge in [0, 0.05) is 16.7 Å². The lowest BCUT2D eigenvalue weighted by Crippen LogP contribution is -2.29. The number of hydrogen-bond donors (Lipinski definition) is 2. The minimum Gasteiger partial charge on any atom is -0.480 e. The van der Waals surface area contributed by atoms with Gasteiger partial charge in [-0.1, -0.05) is 24.3 Å². The Kier molecular flexibility index (Phi) is 3.39. The van der Waals surface area contributed by atoms with Crippen LogP contribution >= 0.6 is 0 Å². The molecule has 23 heavy (non-hydrogen) atoms. The number of carbonyl (C=O) groups excluding carboxylic acids is 1. The number of benzene rings is 2. The van der Waals surface area contributed by atoms with Crippen LogP contribution in [-0.4, -0.2) is 23.5 Å². The van der Waals surface area contributed by atoms with Gasteiger partial charge in [0.05, 0.1) is 0 Å². The lowest BCUT2D eigenvalue weighted by molar-refractivity contribution is -0.135. The van der Waals surface area contributed by atoms with Crippen LogP contribution in [0, 0.1) is 6.92 Å². The maximum Gasteiger partial charge on any atom is 0.322 e. The van der Waals surface area contributed by atoms with Crippen molar-refractivity contribution < 1.29 is 23.5 Å². The highest BCUT2D eigenvalue weighted by Gasteiger charge is 2.44. The fourth-order valence-corrected chi connectivity index (χ4v) is 2.86. The quantitative estimate of drug-likeness (QED) is 0.915. The summed E-state index contributed by atoms with van der Waals surface area (Å²) < 4.78 is 29.0. The number of rotatable bonds is 3. The SMILES string of the molecule is Cc1cccc2c1-c1cc(C(=O)NCC(=O)O)ccc1C2(F)F. The van der Waals surface area contributed by atoms with Crippen LogP contribution in [0.5, 0.6) is 0 Å².